The van der Waals surface area contributed by atoms with Gasteiger partial charge in [0.1, 0.15) is 12.2 Å². The molecule has 0 aromatic heterocycles. The van der Waals surface area contributed by atoms with Gasteiger partial charge >= 0.3 is 0 Å². The quantitative estimate of drug-likeness (QED) is 0.0312. The highest BCUT2D eigenvalue weighted by Gasteiger charge is 2.28. The molecule has 6 heteroatoms. The molecule has 0 spiro atoms. The normalized spacial score (nSPS) is 14.3. The van der Waals surface area contributed by atoms with Gasteiger partial charge in [0.15, 0.2) is 0 Å². The molecule has 4 atom stereocenters. The van der Waals surface area contributed by atoms with Crippen molar-refractivity contribution in [1.82, 2.24) is 5.32 Å². The second-order valence-electron chi connectivity index (χ2n) is 16.8. The minimum absolute atomic E-state index is 0.153. The first-order valence-electron chi connectivity index (χ1n) is 24.4. The van der Waals surface area contributed by atoms with Crippen LogP contribution in [0.15, 0.2) is 36.5 Å². The fourth-order valence-corrected chi connectivity index (χ4v) is 7.45. The number of nitrogens with one attached hydrogen (secondary N) is 1. The van der Waals surface area contributed by atoms with Crippen molar-refractivity contribution in [3.8, 4) is 0 Å². The van der Waals surface area contributed by atoms with E-state index in [1.165, 1.54) is 186 Å². The molecule has 0 saturated heterocycles. The van der Waals surface area contributed by atoms with Crippen LogP contribution in [0.5, 0.6) is 0 Å². The standard InChI is InChI=1S/C50H95NO5/c1-3-5-7-9-11-13-15-17-18-19-20-21-22-23-24-25-26-27-28-29-30-31-32-34-35-37-39-41-43-47(53)49(55)46(45-52)51-50(56)48(54)44-42-40-38-36-33-16-14-12-10-8-6-4-2/h33,35-37,40,42,46-49,52-55H,3-32,34,38-39,41,43-45H2,1-2H3,(H,51,56)/b36-33-,37-35+,42-40-. The van der Waals surface area contributed by atoms with E-state index in [2.05, 4.69) is 43.5 Å². The van der Waals surface area contributed by atoms with Gasteiger partial charge in [0.2, 0.25) is 5.91 Å². The number of unbranched alkanes of at least 4 members (excludes halogenated alkanes) is 30. The second-order valence-corrected chi connectivity index (χ2v) is 16.8. The molecule has 330 valence electrons. The zero-order valence-electron chi connectivity index (χ0n) is 37.1. The van der Waals surface area contributed by atoms with E-state index in [4.69, 9.17) is 0 Å². The minimum Gasteiger partial charge on any atom is -0.394 e. The van der Waals surface area contributed by atoms with Crippen LogP contribution in [0.1, 0.15) is 245 Å². The van der Waals surface area contributed by atoms with E-state index in [0.29, 0.717) is 12.8 Å². The van der Waals surface area contributed by atoms with Gasteiger partial charge in [0, 0.05) is 6.42 Å². The molecule has 1 amide bonds. The molecule has 0 heterocycles. The molecule has 0 saturated carbocycles. The van der Waals surface area contributed by atoms with Gasteiger partial charge in [-0.3, -0.25) is 4.79 Å². The topological polar surface area (TPSA) is 110 Å². The Balaban J connectivity index is 3.68. The first-order chi connectivity index (χ1) is 27.5. The predicted molar refractivity (Wildman–Crippen MR) is 242 cm³/mol. The van der Waals surface area contributed by atoms with E-state index in [0.717, 1.165) is 25.7 Å². The van der Waals surface area contributed by atoms with E-state index in [-0.39, 0.29) is 6.42 Å². The number of allylic oxidation sites excluding steroid dienone is 5. The number of aliphatic hydroxyl groups excluding tert-OH is 4. The summed E-state index contributed by atoms with van der Waals surface area (Å²) >= 11 is 0. The molecule has 0 aromatic rings. The van der Waals surface area contributed by atoms with Crippen molar-refractivity contribution in [2.45, 2.75) is 269 Å². The van der Waals surface area contributed by atoms with E-state index in [1.807, 2.05) is 6.08 Å². The third-order valence-electron chi connectivity index (χ3n) is 11.3. The van der Waals surface area contributed by atoms with E-state index in [1.54, 1.807) is 6.08 Å². The molecule has 4 unspecified atom stereocenters. The SMILES string of the molecule is CCCCCCCC/C=C\C/C=C\CC(O)C(=O)NC(CO)C(O)C(O)CCC/C=C/CCCCCCCCCCCCCCCCCCCCCCCCC. The summed E-state index contributed by atoms with van der Waals surface area (Å²) in [5.41, 5.74) is 0. The Morgan fingerprint density at radius 2 is 0.804 bits per heavy atom. The Bertz CT molecular complexity index is 889. The Labute approximate surface area is 347 Å². The molecule has 0 aliphatic heterocycles. The van der Waals surface area contributed by atoms with Crippen LogP contribution in [-0.2, 0) is 4.79 Å². The van der Waals surface area contributed by atoms with Gasteiger partial charge in [0.05, 0.1) is 18.8 Å². The molecule has 0 fully saturated rings. The lowest BCUT2D eigenvalue weighted by atomic mass is 10.0. The van der Waals surface area contributed by atoms with Gasteiger partial charge in [-0.1, -0.05) is 224 Å². The number of rotatable bonds is 44. The maximum absolute atomic E-state index is 12.4. The Morgan fingerprint density at radius 1 is 0.464 bits per heavy atom. The number of amides is 1. The van der Waals surface area contributed by atoms with E-state index in [9.17, 15) is 25.2 Å². The van der Waals surface area contributed by atoms with Crippen LogP contribution in [0.2, 0.25) is 0 Å². The highest BCUT2D eigenvalue weighted by atomic mass is 16.3. The molecule has 0 aliphatic carbocycles. The highest BCUT2D eigenvalue weighted by molar-refractivity contribution is 5.81. The number of carbonyl (C=O) groups excluding carboxylic acids is 1. The van der Waals surface area contributed by atoms with E-state index >= 15 is 0 Å². The molecule has 0 bridgehead atoms. The smallest absolute Gasteiger partial charge is 0.249 e. The average molecular weight is 790 g/mol. The van der Waals surface area contributed by atoms with Gasteiger partial charge < -0.3 is 25.7 Å². The maximum Gasteiger partial charge on any atom is 0.249 e. The number of hydrogen-bond acceptors (Lipinski definition) is 5. The summed E-state index contributed by atoms with van der Waals surface area (Å²) in [6.45, 7) is 4.00. The second kappa shape index (κ2) is 44.6. The van der Waals surface area contributed by atoms with Crippen molar-refractivity contribution in [2.75, 3.05) is 6.61 Å². The molecular formula is C50H95NO5. The summed E-state index contributed by atoms with van der Waals surface area (Å²) in [7, 11) is 0. The van der Waals surface area contributed by atoms with Crippen molar-refractivity contribution in [1.29, 1.82) is 0 Å². The zero-order valence-corrected chi connectivity index (χ0v) is 37.1. The Kier molecular flexibility index (Phi) is 43.5. The molecule has 56 heavy (non-hydrogen) atoms. The highest BCUT2D eigenvalue weighted by Crippen LogP contribution is 2.16. The molecule has 0 aliphatic rings. The summed E-state index contributed by atoms with van der Waals surface area (Å²) in [5.74, 6) is -0.660. The molecule has 5 N–H and O–H groups in total. The van der Waals surface area contributed by atoms with E-state index < -0.39 is 36.9 Å². The summed E-state index contributed by atoms with van der Waals surface area (Å²) in [4.78, 5) is 12.4. The van der Waals surface area contributed by atoms with Crippen molar-refractivity contribution < 1.29 is 25.2 Å². The van der Waals surface area contributed by atoms with Gasteiger partial charge in [0.25, 0.3) is 0 Å². The lowest BCUT2D eigenvalue weighted by Gasteiger charge is -2.27. The van der Waals surface area contributed by atoms with Gasteiger partial charge in [-0.25, -0.2) is 0 Å². The molecule has 0 aromatic carbocycles. The Hall–Kier alpha value is -1.47. The molecule has 0 rings (SSSR count). The van der Waals surface area contributed by atoms with Crippen LogP contribution in [0.25, 0.3) is 0 Å². The van der Waals surface area contributed by atoms with Gasteiger partial charge in [-0.05, 0) is 51.4 Å². The van der Waals surface area contributed by atoms with Crippen LogP contribution in [0.4, 0.5) is 0 Å². The maximum atomic E-state index is 12.4. The van der Waals surface area contributed by atoms with Crippen LogP contribution in [0.3, 0.4) is 0 Å². The van der Waals surface area contributed by atoms with Crippen molar-refractivity contribution >= 4 is 5.91 Å². The summed E-state index contributed by atoms with van der Waals surface area (Å²) in [5, 5.41) is 43.5. The first kappa shape index (κ1) is 54.5. The average Bonchev–Trinajstić information content (AvgIpc) is 3.20. The van der Waals surface area contributed by atoms with Crippen molar-refractivity contribution in [3.63, 3.8) is 0 Å². The van der Waals surface area contributed by atoms with Crippen LogP contribution >= 0.6 is 0 Å². The summed E-state index contributed by atoms with van der Waals surface area (Å²) in [6, 6.07) is -1.03. The zero-order chi connectivity index (χ0) is 41.0. The fraction of sp³-hybridized carbons (Fsp3) is 0.860. The fourth-order valence-electron chi connectivity index (χ4n) is 7.45. The third-order valence-corrected chi connectivity index (χ3v) is 11.3. The predicted octanol–water partition coefficient (Wildman–Crippen LogP) is 13.3. The lowest BCUT2D eigenvalue weighted by Crippen LogP contribution is -2.52. The third kappa shape index (κ3) is 38.1. The van der Waals surface area contributed by atoms with Gasteiger partial charge in [-0.15, -0.1) is 0 Å². The van der Waals surface area contributed by atoms with Crippen LogP contribution < -0.4 is 5.32 Å². The molecule has 0 radical (unpaired) electrons. The number of carbonyl (C=O) groups is 1. The lowest BCUT2D eigenvalue weighted by molar-refractivity contribution is -0.132. The number of aliphatic hydroxyl groups is 4. The minimum atomic E-state index is -1.30. The molecular weight excluding hydrogens is 695 g/mol. The van der Waals surface area contributed by atoms with Crippen molar-refractivity contribution in [2.24, 2.45) is 0 Å². The van der Waals surface area contributed by atoms with Crippen LogP contribution in [0, 0.1) is 0 Å². The Morgan fingerprint density at radius 3 is 1.20 bits per heavy atom. The molecule has 6 nitrogen and oxygen atoms in total. The first-order valence-corrected chi connectivity index (χ1v) is 24.4. The summed E-state index contributed by atoms with van der Waals surface area (Å²) in [6.07, 6.45) is 53.7. The largest absolute Gasteiger partial charge is 0.394 e. The monoisotopic (exact) mass is 790 g/mol. The number of hydrogen-bond donors (Lipinski definition) is 5. The van der Waals surface area contributed by atoms with Crippen molar-refractivity contribution in [3.05, 3.63) is 36.5 Å². The summed E-state index contributed by atoms with van der Waals surface area (Å²) < 4.78 is 0. The van der Waals surface area contributed by atoms with Crippen LogP contribution in [-0.4, -0.2) is 57.3 Å². The van der Waals surface area contributed by atoms with Gasteiger partial charge in [-0.2, -0.15) is 0 Å².